The number of hydrogen-bond acceptors (Lipinski definition) is 4. The Morgan fingerprint density at radius 1 is 1.38 bits per heavy atom. The average Bonchev–Trinajstić information content (AvgIpc) is 2.80. The highest BCUT2D eigenvalue weighted by atomic mass is 16.3. The second-order valence-electron chi connectivity index (χ2n) is 3.84. The average molecular weight is 218 g/mol. The highest BCUT2D eigenvalue weighted by Gasteiger charge is 2.26. The first-order valence-electron chi connectivity index (χ1n) is 5.04. The van der Waals surface area contributed by atoms with Crippen molar-refractivity contribution in [3.05, 3.63) is 42.2 Å². The van der Waals surface area contributed by atoms with Crippen LogP contribution in [-0.2, 0) is 5.60 Å². The second-order valence-corrected chi connectivity index (χ2v) is 3.84. The van der Waals surface area contributed by atoms with E-state index >= 15 is 0 Å². The van der Waals surface area contributed by atoms with Gasteiger partial charge in [0, 0.05) is 6.54 Å². The quantitative estimate of drug-likeness (QED) is 0.783. The van der Waals surface area contributed by atoms with Gasteiger partial charge in [0.2, 0.25) is 0 Å². The highest BCUT2D eigenvalue weighted by molar-refractivity contribution is 5.32. The van der Waals surface area contributed by atoms with Gasteiger partial charge in [-0.05, 0) is 19.1 Å². The number of para-hydroxylation sites is 1. The lowest BCUT2D eigenvalue weighted by Crippen LogP contribution is -2.33. The lowest BCUT2D eigenvalue weighted by molar-refractivity contribution is 0.0596. The molecule has 5 nitrogen and oxygen atoms in total. The Hall–Kier alpha value is -1.72. The number of rotatable bonds is 3. The zero-order valence-electron chi connectivity index (χ0n) is 9.04. The molecule has 84 valence electrons. The first-order chi connectivity index (χ1) is 7.65. The van der Waals surface area contributed by atoms with Crippen molar-refractivity contribution in [1.82, 2.24) is 15.0 Å². The van der Waals surface area contributed by atoms with E-state index in [0.29, 0.717) is 5.69 Å². The van der Waals surface area contributed by atoms with Gasteiger partial charge in [0.1, 0.15) is 5.60 Å². The van der Waals surface area contributed by atoms with Crippen molar-refractivity contribution < 1.29 is 5.11 Å². The Kier molecular flexibility index (Phi) is 2.72. The van der Waals surface area contributed by atoms with Crippen molar-refractivity contribution in [1.29, 1.82) is 0 Å². The van der Waals surface area contributed by atoms with Gasteiger partial charge in [-0.15, -0.1) is 5.10 Å². The Morgan fingerprint density at radius 3 is 2.69 bits per heavy atom. The number of nitrogens with zero attached hydrogens (tertiary/aromatic N) is 3. The van der Waals surface area contributed by atoms with Gasteiger partial charge < -0.3 is 10.8 Å². The molecule has 1 aromatic carbocycles. The summed E-state index contributed by atoms with van der Waals surface area (Å²) in [7, 11) is 0. The molecule has 0 spiro atoms. The van der Waals surface area contributed by atoms with Crippen molar-refractivity contribution in [2.45, 2.75) is 12.5 Å². The minimum Gasteiger partial charge on any atom is -0.382 e. The molecule has 0 saturated carbocycles. The summed E-state index contributed by atoms with van der Waals surface area (Å²) in [5, 5.41) is 17.9. The molecule has 0 aliphatic carbocycles. The van der Waals surface area contributed by atoms with Gasteiger partial charge in [0.05, 0.1) is 17.6 Å². The van der Waals surface area contributed by atoms with E-state index in [0.717, 1.165) is 5.69 Å². The third-order valence-electron chi connectivity index (χ3n) is 2.50. The minimum absolute atomic E-state index is 0.118. The van der Waals surface area contributed by atoms with Crippen LogP contribution in [0.5, 0.6) is 0 Å². The molecule has 5 heteroatoms. The second kappa shape index (κ2) is 4.03. The van der Waals surface area contributed by atoms with Gasteiger partial charge in [-0.3, -0.25) is 0 Å². The minimum atomic E-state index is -1.13. The first-order valence-corrected chi connectivity index (χ1v) is 5.04. The molecule has 0 bridgehead atoms. The Labute approximate surface area is 93.5 Å². The molecule has 16 heavy (non-hydrogen) atoms. The third kappa shape index (κ3) is 1.82. The van der Waals surface area contributed by atoms with Crippen LogP contribution in [0.15, 0.2) is 36.5 Å². The molecule has 0 aliphatic rings. The van der Waals surface area contributed by atoms with E-state index in [9.17, 15) is 5.11 Å². The zero-order chi connectivity index (χ0) is 11.6. The van der Waals surface area contributed by atoms with Crippen LogP contribution >= 0.6 is 0 Å². The molecule has 0 fully saturated rings. The molecule has 3 N–H and O–H groups in total. The number of hydrogen-bond donors (Lipinski definition) is 2. The fourth-order valence-electron chi connectivity index (χ4n) is 1.47. The summed E-state index contributed by atoms with van der Waals surface area (Å²) in [5.74, 6) is 0. The van der Waals surface area contributed by atoms with Crippen LogP contribution in [-0.4, -0.2) is 26.6 Å². The van der Waals surface area contributed by atoms with Crippen LogP contribution in [0, 0.1) is 0 Å². The number of aromatic nitrogens is 3. The number of aliphatic hydroxyl groups is 1. The largest absolute Gasteiger partial charge is 0.382 e. The summed E-state index contributed by atoms with van der Waals surface area (Å²) < 4.78 is 1.59. The normalized spacial score (nSPS) is 14.7. The van der Waals surface area contributed by atoms with E-state index in [1.165, 1.54) is 6.20 Å². The van der Waals surface area contributed by atoms with Crippen molar-refractivity contribution >= 4 is 0 Å². The maximum atomic E-state index is 10.1. The molecule has 1 aromatic heterocycles. The van der Waals surface area contributed by atoms with Crippen LogP contribution < -0.4 is 5.73 Å². The SMILES string of the molecule is CC(O)(CN)c1cnnn1-c1ccccc1. The fourth-order valence-corrected chi connectivity index (χ4v) is 1.47. The lowest BCUT2D eigenvalue weighted by atomic mass is 10.0. The molecule has 1 heterocycles. The van der Waals surface area contributed by atoms with Gasteiger partial charge in [-0.1, -0.05) is 23.4 Å². The van der Waals surface area contributed by atoms with E-state index in [-0.39, 0.29) is 6.54 Å². The Morgan fingerprint density at radius 2 is 2.06 bits per heavy atom. The van der Waals surface area contributed by atoms with Crippen LogP contribution in [0.4, 0.5) is 0 Å². The predicted octanol–water partition coefficient (Wildman–Crippen LogP) is 0.433. The van der Waals surface area contributed by atoms with Crippen molar-refractivity contribution in [3.63, 3.8) is 0 Å². The van der Waals surface area contributed by atoms with E-state index in [4.69, 9.17) is 5.73 Å². The molecule has 0 aliphatic heterocycles. The maximum absolute atomic E-state index is 10.1. The van der Waals surface area contributed by atoms with Crippen LogP contribution in [0.3, 0.4) is 0 Å². The standard InChI is InChI=1S/C11H14N4O/c1-11(16,8-12)10-7-13-14-15(10)9-5-3-2-4-6-9/h2-7,16H,8,12H2,1H3. The van der Waals surface area contributed by atoms with E-state index in [1.807, 2.05) is 30.3 Å². The maximum Gasteiger partial charge on any atom is 0.118 e. The Balaban J connectivity index is 2.49. The van der Waals surface area contributed by atoms with E-state index in [2.05, 4.69) is 10.3 Å². The van der Waals surface area contributed by atoms with E-state index < -0.39 is 5.60 Å². The molecule has 0 amide bonds. The van der Waals surface area contributed by atoms with E-state index in [1.54, 1.807) is 11.6 Å². The summed E-state index contributed by atoms with van der Waals surface area (Å²) in [6.45, 7) is 1.76. The molecule has 1 unspecified atom stereocenters. The monoisotopic (exact) mass is 218 g/mol. The summed E-state index contributed by atoms with van der Waals surface area (Å²) in [5.41, 5.74) is 5.84. The number of benzene rings is 1. The summed E-state index contributed by atoms with van der Waals surface area (Å²) in [4.78, 5) is 0. The molecule has 2 rings (SSSR count). The number of nitrogens with two attached hydrogens (primary N) is 1. The van der Waals surface area contributed by atoms with Crippen LogP contribution in [0.1, 0.15) is 12.6 Å². The first kappa shape index (κ1) is 10.8. The van der Waals surface area contributed by atoms with Gasteiger partial charge in [0.15, 0.2) is 0 Å². The predicted molar refractivity (Wildman–Crippen MR) is 60.0 cm³/mol. The molecule has 1 atom stereocenters. The van der Waals surface area contributed by atoms with Gasteiger partial charge in [-0.25, -0.2) is 4.68 Å². The topological polar surface area (TPSA) is 77.0 Å². The zero-order valence-corrected chi connectivity index (χ0v) is 9.04. The third-order valence-corrected chi connectivity index (χ3v) is 2.50. The Bertz CT molecular complexity index is 464. The van der Waals surface area contributed by atoms with Gasteiger partial charge >= 0.3 is 0 Å². The molecule has 0 saturated heterocycles. The summed E-state index contributed by atoms with van der Waals surface area (Å²) in [6.07, 6.45) is 1.53. The van der Waals surface area contributed by atoms with Crippen LogP contribution in [0.25, 0.3) is 5.69 Å². The fraction of sp³-hybridized carbons (Fsp3) is 0.273. The molecule has 0 radical (unpaired) electrons. The van der Waals surface area contributed by atoms with Crippen molar-refractivity contribution in [2.24, 2.45) is 5.73 Å². The lowest BCUT2D eigenvalue weighted by Gasteiger charge is -2.21. The molecular weight excluding hydrogens is 204 g/mol. The van der Waals surface area contributed by atoms with Crippen molar-refractivity contribution in [2.75, 3.05) is 6.54 Å². The molecule has 2 aromatic rings. The summed E-state index contributed by atoms with van der Waals surface area (Å²) >= 11 is 0. The van der Waals surface area contributed by atoms with Gasteiger partial charge in [0.25, 0.3) is 0 Å². The summed E-state index contributed by atoms with van der Waals surface area (Å²) in [6, 6.07) is 9.51. The smallest absolute Gasteiger partial charge is 0.118 e. The highest BCUT2D eigenvalue weighted by Crippen LogP contribution is 2.20. The van der Waals surface area contributed by atoms with Crippen molar-refractivity contribution in [3.8, 4) is 5.69 Å². The molecular formula is C11H14N4O. The van der Waals surface area contributed by atoms with Crippen LogP contribution in [0.2, 0.25) is 0 Å². The van der Waals surface area contributed by atoms with Gasteiger partial charge in [-0.2, -0.15) is 0 Å².